The molecular formula is C27H20N7Os-3. The van der Waals surface area contributed by atoms with Crippen LogP contribution in [0.2, 0.25) is 0 Å². The van der Waals surface area contributed by atoms with Crippen LogP contribution in [0.25, 0.3) is 4.85 Å². The molecule has 7 nitrogen and oxygen atoms in total. The van der Waals surface area contributed by atoms with Crippen LogP contribution >= 0.6 is 0 Å². The zero-order valence-electron chi connectivity index (χ0n) is 18.7. The van der Waals surface area contributed by atoms with Gasteiger partial charge in [0.25, 0.3) is 0 Å². The molecule has 3 aromatic carbocycles. The SMILES string of the molecule is [C-]#[N+]c1cc(N2[CH-]N(c3ccc(C#N)cc3)CC2)[c-]c(N2[CH-]N(c3ccc(C#N)cc3)CC2)c1.[Os]. The Kier molecular flexibility index (Phi) is 7.22. The van der Waals surface area contributed by atoms with Crippen LogP contribution in [0.3, 0.4) is 0 Å². The summed E-state index contributed by atoms with van der Waals surface area (Å²) in [4.78, 5) is 12.2. The molecule has 2 saturated heterocycles. The van der Waals surface area contributed by atoms with Crippen molar-refractivity contribution in [3.05, 3.63) is 103 Å². The van der Waals surface area contributed by atoms with E-state index in [9.17, 15) is 0 Å². The molecule has 0 bridgehead atoms. The Hall–Kier alpha value is -4.03. The number of hydrogen-bond acceptors (Lipinski definition) is 6. The minimum Gasteiger partial charge on any atom is -0.523 e. The first kappa shape index (κ1) is 24.1. The number of nitrogens with zero attached hydrogens (tertiary/aromatic N) is 7. The number of nitriles is 2. The standard InChI is InChI=1S/C27H20N7.Os/c1-30-23-14-26(33-12-10-31(19-33)24-6-2-21(17-28)3-7-24)16-27(15-23)34-13-11-32(20-34)25-8-4-22(18-29)5-9-25;/h2-9,14-15,19-20H,10-13H2;/q-3;. The summed E-state index contributed by atoms with van der Waals surface area (Å²) in [6, 6.07) is 26.6. The first-order valence-corrected chi connectivity index (χ1v) is 10.9. The van der Waals surface area contributed by atoms with Gasteiger partial charge < -0.3 is 19.6 Å². The van der Waals surface area contributed by atoms with Crippen LogP contribution in [0.4, 0.5) is 28.4 Å². The Morgan fingerprint density at radius 3 is 1.49 bits per heavy atom. The van der Waals surface area contributed by atoms with Crippen molar-refractivity contribution in [3.63, 3.8) is 0 Å². The van der Waals surface area contributed by atoms with Gasteiger partial charge in [-0.15, -0.1) is 29.6 Å². The van der Waals surface area contributed by atoms with Crippen LogP contribution in [0, 0.1) is 48.6 Å². The summed E-state index contributed by atoms with van der Waals surface area (Å²) in [5.74, 6) is 0. The first-order chi connectivity index (χ1) is 16.7. The third kappa shape index (κ3) is 5.07. The van der Waals surface area contributed by atoms with Gasteiger partial charge in [-0.25, -0.2) is 0 Å². The van der Waals surface area contributed by atoms with E-state index < -0.39 is 0 Å². The zero-order valence-corrected chi connectivity index (χ0v) is 21.3. The van der Waals surface area contributed by atoms with Gasteiger partial charge in [-0.2, -0.15) is 23.9 Å². The molecule has 8 heteroatoms. The van der Waals surface area contributed by atoms with Crippen LogP contribution in [0.1, 0.15) is 11.1 Å². The van der Waals surface area contributed by atoms with E-state index in [2.05, 4.69) is 42.6 Å². The fourth-order valence-electron chi connectivity index (χ4n) is 4.11. The van der Waals surface area contributed by atoms with Gasteiger partial charge in [-0.1, -0.05) is 0 Å². The third-order valence-electron chi connectivity index (χ3n) is 5.95. The molecule has 5 rings (SSSR count). The van der Waals surface area contributed by atoms with E-state index in [0.29, 0.717) is 16.8 Å². The second-order valence-electron chi connectivity index (χ2n) is 8.04. The molecule has 2 fully saturated rings. The van der Waals surface area contributed by atoms with Crippen LogP contribution in [0.5, 0.6) is 0 Å². The Bertz CT molecular complexity index is 1220. The van der Waals surface area contributed by atoms with E-state index >= 15 is 0 Å². The second-order valence-corrected chi connectivity index (χ2v) is 8.04. The molecule has 174 valence electrons. The van der Waals surface area contributed by atoms with Crippen LogP contribution < -0.4 is 19.6 Å². The van der Waals surface area contributed by atoms with Gasteiger partial charge in [0.2, 0.25) is 0 Å². The molecule has 2 heterocycles. The summed E-state index contributed by atoms with van der Waals surface area (Å²) >= 11 is 0. The summed E-state index contributed by atoms with van der Waals surface area (Å²) in [5.41, 5.74) is 5.59. The van der Waals surface area contributed by atoms with Gasteiger partial charge in [-0.3, -0.25) is 4.85 Å². The van der Waals surface area contributed by atoms with Crippen LogP contribution in [-0.2, 0) is 19.8 Å². The monoisotopic (exact) mass is 634 g/mol. The maximum Gasteiger partial charge on any atom is 0.0991 e. The largest absolute Gasteiger partial charge is 0.523 e. The Morgan fingerprint density at radius 2 is 1.11 bits per heavy atom. The topological polar surface area (TPSA) is 64.9 Å². The zero-order chi connectivity index (χ0) is 23.5. The van der Waals surface area contributed by atoms with Crippen molar-refractivity contribution in [1.82, 2.24) is 0 Å². The number of rotatable bonds is 4. The number of anilines is 4. The smallest absolute Gasteiger partial charge is 0.0991 e. The summed E-state index contributed by atoms with van der Waals surface area (Å²) in [5, 5.41) is 18.0. The molecule has 3 aromatic rings. The normalized spacial score (nSPS) is 14.8. The molecule has 0 aliphatic carbocycles. The van der Waals surface area contributed by atoms with E-state index in [1.165, 1.54) is 0 Å². The quantitative estimate of drug-likeness (QED) is 0.390. The minimum atomic E-state index is 0. The van der Waals surface area contributed by atoms with E-state index in [1.54, 1.807) is 0 Å². The van der Waals surface area contributed by atoms with Crippen LogP contribution in [0.15, 0.2) is 60.7 Å². The molecule has 0 amide bonds. The van der Waals surface area contributed by atoms with Gasteiger partial charge in [0, 0.05) is 57.3 Å². The average Bonchev–Trinajstić information content (AvgIpc) is 3.59. The molecule has 2 aliphatic heterocycles. The van der Waals surface area contributed by atoms with E-state index in [-0.39, 0.29) is 19.8 Å². The van der Waals surface area contributed by atoms with Crippen molar-refractivity contribution in [1.29, 1.82) is 10.5 Å². The molecule has 35 heavy (non-hydrogen) atoms. The van der Waals surface area contributed by atoms with Gasteiger partial charge in [0.05, 0.1) is 35.5 Å². The van der Waals surface area contributed by atoms with Crippen molar-refractivity contribution in [2.24, 2.45) is 0 Å². The molecule has 0 N–H and O–H groups in total. The van der Waals surface area contributed by atoms with Gasteiger partial charge in [-0.05, 0) is 48.5 Å². The van der Waals surface area contributed by atoms with Crippen molar-refractivity contribution in [3.8, 4) is 12.1 Å². The molecule has 0 aromatic heterocycles. The predicted octanol–water partition coefficient (Wildman–Crippen LogP) is 4.67. The third-order valence-corrected chi connectivity index (χ3v) is 5.95. The van der Waals surface area contributed by atoms with Gasteiger partial charge in [0.15, 0.2) is 0 Å². The minimum absolute atomic E-state index is 0. The molecule has 0 unspecified atom stereocenters. The maximum atomic E-state index is 9.02. The number of hydrogen-bond donors (Lipinski definition) is 0. The van der Waals surface area contributed by atoms with Crippen molar-refractivity contribution < 1.29 is 19.8 Å². The van der Waals surface area contributed by atoms with E-state index in [1.807, 2.05) is 74.0 Å². The first-order valence-electron chi connectivity index (χ1n) is 10.9. The van der Waals surface area contributed by atoms with E-state index in [4.69, 9.17) is 17.1 Å². The fraction of sp³-hybridized carbons (Fsp3) is 0.148. The summed E-state index contributed by atoms with van der Waals surface area (Å²) < 4.78 is 0. The van der Waals surface area contributed by atoms with Crippen molar-refractivity contribution in [2.75, 3.05) is 45.8 Å². The summed E-state index contributed by atoms with van der Waals surface area (Å²) in [6.07, 6.45) is 0. The van der Waals surface area contributed by atoms with Crippen molar-refractivity contribution >= 4 is 28.4 Å². The average molecular weight is 633 g/mol. The van der Waals surface area contributed by atoms with Gasteiger partial charge >= 0.3 is 0 Å². The Balaban J connectivity index is 0.00000289. The van der Waals surface area contributed by atoms with Crippen molar-refractivity contribution in [2.45, 2.75) is 0 Å². The predicted molar refractivity (Wildman–Crippen MR) is 132 cm³/mol. The molecule has 2 aliphatic rings. The molecular weight excluding hydrogens is 613 g/mol. The fourth-order valence-corrected chi connectivity index (χ4v) is 4.11. The summed E-state index contributed by atoms with van der Waals surface area (Å²) in [6.45, 7) is 14.8. The molecule has 0 atom stereocenters. The maximum absolute atomic E-state index is 9.02. The second kappa shape index (κ2) is 10.5. The Morgan fingerprint density at radius 1 is 0.714 bits per heavy atom. The van der Waals surface area contributed by atoms with Crippen LogP contribution in [-0.4, -0.2) is 26.2 Å². The molecule has 0 radical (unpaired) electrons. The summed E-state index contributed by atoms with van der Waals surface area (Å²) in [7, 11) is 0. The van der Waals surface area contributed by atoms with E-state index in [0.717, 1.165) is 48.9 Å². The Labute approximate surface area is 218 Å². The number of benzene rings is 3. The molecule has 0 saturated carbocycles. The molecule has 0 spiro atoms. The van der Waals surface area contributed by atoms with Gasteiger partial charge in [0.1, 0.15) is 0 Å².